The van der Waals surface area contributed by atoms with Gasteiger partial charge in [-0.25, -0.2) is 0 Å². The van der Waals surface area contributed by atoms with Crippen molar-refractivity contribution in [1.82, 2.24) is 19.9 Å². The van der Waals surface area contributed by atoms with Crippen LogP contribution in [0.3, 0.4) is 0 Å². The maximum atomic E-state index is 5.89. The first kappa shape index (κ1) is 20.8. The highest BCUT2D eigenvalue weighted by molar-refractivity contribution is 5.81. The van der Waals surface area contributed by atoms with Gasteiger partial charge in [0.1, 0.15) is 0 Å². The van der Waals surface area contributed by atoms with E-state index in [2.05, 4.69) is 31.8 Å². The van der Waals surface area contributed by atoms with Crippen molar-refractivity contribution in [1.29, 1.82) is 0 Å². The molecule has 0 saturated heterocycles. The first-order valence-electron chi connectivity index (χ1n) is 10.6. The van der Waals surface area contributed by atoms with Gasteiger partial charge in [-0.05, 0) is 48.5 Å². The number of terminal acetylenes is 2. The van der Waals surface area contributed by atoms with Crippen molar-refractivity contribution in [2.75, 3.05) is 0 Å². The number of rotatable bonds is 4. The van der Waals surface area contributed by atoms with E-state index in [0.717, 1.165) is 56.2 Å². The zero-order valence-electron chi connectivity index (χ0n) is 18.2. The van der Waals surface area contributed by atoms with E-state index in [1.54, 1.807) is 24.8 Å². The third-order valence-electron chi connectivity index (χ3n) is 5.47. The second-order valence-electron chi connectivity index (χ2n) is 7.53. The van der Waals surface area contributed by atoms with Crippen LogP contribution in [-0.2, 0) is 0 Å². The maximum Gasteiger partial charge on any atom is 0.0886 e. The Balaban J connectivity index is 1.52. The molecule has 0 fully saturated rings. The average Bonchev–Trinajstić information content (AvgIpc) is 2.93. The van der Waals surface area contributed by atoms with E-state index in [1.165, 1.54) is 0 Å². The molecular weight excluding hydrogens is 416 g/mol. The second kappa shape index (κ2) is 9.20. The molecule has 34 heavy (non-hydrogen) atoms. The molecular formula is C30H18N4. The Morgan fingerprint density at radius 2 is 0.941 bits per heavy atom. The lowest BCUT2D eigenvalue weighted by Gasteiger charge is -2.12. The van der Waals surface area contributed by atoms with Crippen molar-refractivity contribution in [2.45, 2.75) is 0 Å². The lowest BCUT2D eigenvalue weighted by atomic mass is 9.92. The summed E-state index contributed by atoms with van der Waals surface area (Å²) in [5.41, 5.74) is 8.16. The van der Waals surface area contributed by atoms with Crippen LogP contribution in [-0.4, -0.2) is 19.9 Å². The summed E-state index contributed by atoms with van der Waals surface area (Å²) >= 11 is 0. The molecule has 0 bridgehead atoms. The molecule has 0 atom stereocenters. The van der Waals surface area contributed by atoms with E-state index in [1.807, 2.05) is 72.8 Å². The van der Waals surface area contributed by atoms with Gasteiger partial charge in [-0.15, -0.1) is 12.8 Å². The number of benzene rings is 1. The summed E-state index contributed by atoms with van der Waals surface area (Å²) in [6.07, 6.45) is 18.9. The average molecular weight is 435 g/mol. The van der Waals surface area contributed by atoms with Crippen LogP contribution in [0.5, 0.6) is 0 Å². The largest absolute Gasteiger partial charge is 0.255 e. The lowest BCUT2D eigenvalue weighted by molar-refractivity contribution is 1.24. The Morgan fingerprint density at radius 3 is 1.26 bits per heavy atom. The Kier molecular flexibility index (Phi) is 5.64. The van der Waals surface area contributed by atoms with Crippen molar-refractivity contribution in [3.05, 3.63) is 109 Å². The Labute approximate surface area is 198 Å². The fourth-order valence-corrected chi connectivity index (χ4v) is 3.75. The van der Waals surface area contributed by atoms with Crippen molar-refractivity contribution in [2.24, 2.45) is 0 Å². The van der Waals surface area contributed by atoms with Gasteiger partial charge in [0.05, 0.1) is 22.8 Å². The fraction of sp³-hybridized carbons (Fsp3) is 0. The minimum atomic E-state index is 0.732. The molecule has 0 amide bonds. The molecule has 0 spiro atoms. The van der Waals surface area contributed by atoms with E-state index >= 15 is 0 Å². The molecule has 0 aliphatic rings. The molecule has 0 radical (unpaired) electrons. The lowest BCUT2D eigenvalue weighted by Crippen LogP contribution is -1.94. The number of pyridine rings is 4. The van der Waals surface area contributed by atoms with E-state index in [0.29, 0.717) is 0 Å². The third-order valence-corrected chi connectivity index (χ3v) is 5.47. The van der Waals surface area contributed by atoms with E-state index in [9.17, 15) is 0 Å². The quantitative estimate of drug-likeness (QED) is 0.331. The highest BCUT2D eigenvalue weighted by atomic mass is 14.8. The van der Waals surface area contributed by atoms with Gasteiger partial charge in [-0.1, -0.05) is 36.1 Å². The molecule has 5 rings (SSSR count). The molecule has 0 N–H and O–H groups in total. The predicted molar refractivity (Wildman–Crippen MR) is 135 cm³/mol. The van der Waals surface area contributed by atoms with E-state index < -0.39 is 0 Å². The summed E-state index contributed by atoms with van der Waals surface area (Å²) in [5.74, 6) is 5.60. The summed E-state index contributed by atoms with van der Waals surface area (Å²) in [6.45, 7) is 0. The number of hydrogen-bond donors (Lipinski definition) is 0. The second-order valence-corrected chi connectivity index (χ2v) is 7.53. The molecule has 0 aliphatic heterocycles. The monoisotopic (exact) mass is 434 g/mol. The normalized spacial score (nSPS) is 10.3. The van der Waals surface area contributed by atoms with Crippen LogP contribution in [0.25, 0.3) is 45.0 Å². The van der Waals surface area contributed by atoms with Gasteiger partial charge < -0.3 is 0 Å². The highest BCUT2D eigenvalue weighted by Crippen LogP contribution is 2.32. The zero-order valence-corrected chi connectivity index (χ0v) is 18.2. The summed E-state index contributed by atoms with van der Waals surface area (Å²) in [5, 5.41) is 0. The van der Waals surface area contributed by atoms with Crippen LogP contribution in [0.15, 0.2) is 97.6 Å². The molecule has 4 heteroatoms. The standard InChI is InChI=1S/C30H18N4/c1-3-21-17-26(24-12-14-30(34-20-24)28-10-6-8-16-32-28)22(4-2)18-25(21)23-11-13-29(33-19-23)27-9-5-7-15-31-27/h1-2,5-20H. The zero-order chi connectivity index (χ0) is 23.3. The summed E-state index contributed by atoms with van der Waals surface area (Å²) in [4.78, 5) is 17.9. The number of nitrogens with zero attached hydrogens (tertiary/aromatic N) is 4. The van der Waals surface area contributed by atoms with Crippen molar-refractivity contribution < 1.29 is 0 Å². The van der Waals surface area contributed by atoms with Crippen molar-refractivity contribution in [3.8, 4) is 69.7 Å². The third kappa shape index (κ3) is 4.05. The van der Waals surface area contributed by atoms with Gasteiger partial charge in [0, 0.05) is 58.2 Å². The highest BCUT2D eigenvalue weighted by Gasteiger charge is 2.13. The molecule has 4 heterocycles. The van der Waals surface area contributed by atoms with Gasteiger partial charge in [0.25, 0.3) is 0 Å². The van der Waals surface area contributed by atoms with E-state index in [-0.39, 0.29) is 0 Å². The Bertz CT molecular complexity index is 1400. The first-order valence-corrected chi connectivity index (χ1v) is 10.6. The van der Waals surface area contributed by atoms with Crippen LogP contribution in [0.4, 0.5) is 0 Å². The maximum absolute atomic E-state index is 5.89. The Hall–Kier alpha value is -5.06. The van der Waals surface area contributed by atoms with E-state index in [4.69, 9.17) is 12.8 Å². The molecule has 4 aromatic heterocycles. The minimum absolute atomic E-state index is 0.732. The van der Waals surface area contributed by atoms with Crippen LogP contribution in [0.1, 0.15) is 11.1 Å². The first-order chi connectivity index (χ1) is 16.8. The van der Waals surface area contributed by atoms with Crippen LogP contribution < -0.4 is 0 Å². The Morgan fingerprint density at radius 1 is 0.500 bits per heavy atom. The van der Waals surface area contributed by atoms with Gasteiger partial charge >= 0.3 is 0 Å². The summed E-state index contributed by atoms with van der Waals surface area (Å²) in [7, 11) is 0. The minimum Gasteiger partial charge on any atom is -0.255 e. The van der Waals surface area contributed by atoms with Gasteiger partial charge in [-0.3, -0.25) is 19.9 Å². The van der Waals surface area contributed by atoms with Crippen molar-refractivity contribution in [3.63, 3.8) is 0 Å². The molecule has 1 aromatic carbocycles. The van der Waals surface area contributed by atoms with Gasteiger partial charge in [0.2, 0.25) is 0 Å². The topological polar surface area (TPSA) is 51.6 Å². The molecule has 158 valence electrons. The molecule has 4 nitrogen and oxygen atoms in total. The number of hydrogen-bond acceptors (Lipinski definition) is 4. The van der Waals surface area contributed by atoms with Crippen LogP contribution in [0.2, 0.25) is 0 Å². The fourth-order valence-electron chi connectivity index (χ4n) is 3.75. The molecule has 0 unspecified atom stereocenters. The van der Waals surface area contributed by atoms with Gasteiger partial charge in [-0.2, -0.15) is 0 Å². The molecule has 0 aliphatic carbocycles. The molecule has 0 saturated carbocycles. The SMILES string of the molecule is C#Cc1cc(-c2ccc(-c3ccccn3)nc2)c(C#C)cc1-c1ccc(-c2ccccn2)nc1. The van der Waals surface area contributed by atoms with Crippen LogP contribution in [0, 0.1) is 24.7 Å². The summed E-state index contributed by atoms with van der Waals surface area (Å²) < 4.78 is 0. The van der Waals surface area contributed by atoms with Crippen LogP contribution >= 0.6 is 0 Å². The van der Waals surface area contributed by atoms with Crippen molar-refractivity contribution >= 4 is 0 Å². The number of aromatic nitrogens is 4. The predicted octanol–water partition coefficient (Wildman–Crippen LogP) is 5.90. The smallest absolute Gasteiger partial charge is 0.0886 e. The molecule has 5 aromatic rings. The van der Waals surface area contributed by atoms with Gasteiger partial charge in [0.15, 0.2) is 0 Å². The summed E-state index contributed by atoms with van der Waals surface area (Å²) in [6, 6.07) is 23.2.